The Labute approximate surface area is 64.3 Å². The van der Waals surface area contributed by atoms with Gasteiger partial charge in [0.1, 0.15) is 0 Å². The van der Waals surface area contributed by atoms with E-state index in [1.165, 1.54) is 0 Å². The summed E-state index contributed by atoms with van der Waals surface area (Å²) in [6.07, 6.45) is 1.68. The molecule has 0 radical (unpaired) electrons. The van der Waals surface area contributed by atoms with E-state index in [2.05, 4.69) is 15.1 Å². The maximum absolute atomic E-state index is 8.16. The third-order valence-corrected chi connectivity index (χ3v) is 1.51. The second-order valence-electron chi connectivity index (χ2n) is 2.26. The minimum absolute atomic E-state index is 0.146. The van der Waals surface area contributed by atoms with Crippen LogP contribution in [0.25, 0.3) is 10.4 Å². The molecule has 0 aliphatic rings. The third-order valence-electron chi connectivity index (χ3n) is 1.51. The fourth-order valence-electron chi connectivity index (χ4n) is 0.930. The van der Waals surface area contributed by atoms with Crippen molar-refractivity contribution in [1.82, 2.24) is 9.78 Å². The maximum atomic E-state index is 8.16. The molecule has 58 valence electrons. The quantitative estimate of drug-likeness (QED) is 0.361. The van der Waals surface area contributed by atoms with Gasteiger partial charge in [0.25, 0.3) is 0 Å². The fraction of sp³-hybridized carbons (Fsp3) is 0.500. The van der Waals surface area contributed by atoms with Crippen LogP contribution in [-0.2, 0) is 7.05 Å². The summed E-state index contributed by atoms with van der Waals surface area (Å²) in [5, 5.41) is 7.50. The summed E-state index contributed by atoms with van der Waals surface area (Å²) < 4.78 is 1.69. The van der Waals surface area contributed by atoms with Gasteiger partial charge in [-0.05, 0) is 11.6 Å². The Hall–Kier alpha value is -1.48. The zero-order valence-corrected chi connectivity index (χ0v) is 6.47. The van der Waals surface area contributed by atoms with Crippen molar-refractivity contribution in [1.29, 1.82) is 0 Å². The van der Waals surface area contributed by atoms with Gasteiger partial charge in [0, 0.05) is 23.9 Å². The van der Waals surface area contributed by atoms with E-state index in [0.29, 0.717) is 0 Å². The lowest BCUT2D eigenvalue weighted by molar-refractivity contribution is 0.652. The van der Waals surface area contributed by atoms with E-state index in [1.807, 2.05) is 20.0 Å². The van der Waals surface area contributed by atoms with Crippen LogP contribution in [-0.4, -0.2) is 9.78 Å². The summed E-state index contributed by atoms with van der Waals surface area (Å²) in [5.41, 5.74) is 9.07. The first-order chi connectivity index (χ1) is 5.25. The second kappa shape index (κ2) is 3.07. The highest BCUT2D eigenvalue weighted by molar-refractivity contribution is 5.05. The molecular weight excluding hydrogens is 142 g/mol. The molecule has 0 aliphatic heterocycles. The molecule has 0 aliphatic carbocycles. The molecule has 0 saturated heterocycles. The van der Waals surface area contributed by atoms with Crippen molar-refractivity contribution in [3.8, 4) is 0 Å². The average Bonchev–Trinajstić information content (AvgIpc) is 2.36. The largest absolute Gasteiger partial charge is 0.272 e. The van der Waals surface area contributed by atoms with Crippen molar-refractivity contribution in [2.75, 3.05) is 0 Å². The van der Waals surface area contributed by atoms with Gasteiger partial charge < -0.3 is 0 Å². The fourth-order valence-corrected chi connectivity index (χ4v) is 0.930. The van der Waals surface area contributed by atoms with Gasteiger partial charge in [-0.2, -0.15) is 5.10 Å². The van der Waals surface area contributed by atoms with Crippen LogP contribution in [0.2, 0.25) is 0 Å². The number of aromatic nitrogens is 2. The summed E-state index contributed by atoms with van der Waals surface area (Å²) in [6, 6.07) is 1.69. The van der Waals surface area contributed by atoms with Crippen LogP contribution in [0, 0.1) is 0 Å². The Morgan fingerprint density at radius 1 is 1.82 bits per heavy atom. The first-order valence-corrected chi connectivity index (χ1v) is 3.28. The molecule has 1 heterocycles. The van der Waals surface area contributed by atoms with Crippen molar-refractivity contribution < 1.29 is 0 Å². The molecule has 0 aromatic carbocycles. The molecule has 1 atom stereocenters. The number of hydrogen-bond donors (Lipinski definition) is 0. The predicted molar refractivity (Wildman–Crippen MR) is 40.8 cm³/mol. The lowest BCUT2D eigenvalue weighted by Crippen LogP contribution is -1.99. The van der Waals surface area contributed by atoms with E-state index >= 15 is 0 Å². The second-order valence-corrected chi connectivity index (χ2v) is 2.26. The van der Waals surface area contributed by atoms with Crippen LogP contribution in [0.4, 0.5) is 0 Å². The lowest BCUT2D eigenvalue weighted by atomic mass is 10.2. The summed E-state index contributed by atoms with van der Waals surface area (Å²) in [5.74, 6) is 0. The lowest BCUT2D eigenvalue weighted by Gasteiger charge is -2.03. The summed E-state index contributed by atoms with van der Waals surface area (Å²) in [7, 11) is 1.82. The smallest absolute Gasteiger partial charge is 0.0766 e. The molecule has 1 aromatic rings. The van der Waals surface area contributed by atoms with Crippen molar-refractivity contribution in [2.24, 2.45) is 12.2 Å². The number of hydrogen-bond acceptors (Lipinski definition) is 2. The van der Waals surface area contributed by atoms with E-state index < -0.39 is 0 Å². The summed E-state index contributed by atoms with van der Waals surface area (Å²) in [4.78, 5) is 2.72. The Morgan fingerprint density at radius 2 is 2.55 bits per heavy atom. The van der Waals surface area contributed by atoms with E-state index in [0.717, 1.165) is 5.69 Å². The standard InChI is InChI=1S/C6H9N5/c1-5(9-10-7)6-3-4-8-11(6)2/h3-5H,1-2H3/t5-/m1/s1. The van der Waals surface area contributed by atoms with Gasteiger partial charge in [-0.25, -0.2) is 0 Å². The van der Waals surface area contributed by atoms with E-state index in [1.54, 1.807) is 10.9 Å². The van der Waals surface area contributed by atoms with Crippen LogP contribution >= 0.6 is 0 Å². The van der Waals surface area contributed by atoms with Crippen LogP contribution < -0.4 is 0 Å². The third kappa shape index (κ3) is 1.50. The van der Waals surface area contributed by atoms with Gasteiger partial charge in [0.15, 0.2) is 0 Å². The van der Waals surface area contributed by atoms with Crippen molar-refractivity contribution in [2.45, 2.75) is 13.0 Å². The van der Waals surface area contributed by atoms with Crippen LogP contribution in [0.5, 0.6) is 0 Å². The molecule has 1 aromatic heterocycles. The van der Waals surface area contributed by atoms with Crippen LogP contribution in [0.3, 0.4) is 0 Å². The molecule has 0 spiro atoms. The molecule has 0 bridgehead atoms. The van der Waals surface area contributed by atoms with Crippen LogP contribution in [0.1, 0.15) is 18.7 Å². The zero-order valence-electron chi connectivity index (χ0n) is 6.47. The molecule has 5 nitrogen and oxygen atoms in total. The van der Waals surface area contributed by atoms with Gasteiger partial charge in [-0.15, -0.1) is 0 Å². The molecule has 0 unspecified atom stereocenters. The Balaban J connectivity index is 2.92. The van der Waals surface area contributed by atoms with E-state index in [-0.39, 0.29) is 6.04 Å². The molecule has 0 N–H and O–H groups in total. The monoisotopic (exact) mass is 151 g/mol. The Kier molecular flexibility index (Phi) is 2.13. The SMILES string of the molecule is C[C@@H](N=[N+]=[N-])c1ccnn1C. The van der Waals surface area contributed by atoms with E-state index in [4.69, 9.17) is 5.53 Å². The average molecular weight is 151 g/mol. The van der Waals surface area contributed by atoms with Crippen molar-refractivity contribution >= 4 is 0 Å². The normalized spacial score (nSPS) is 12.2. The Morgan fingerprint density at radius 3 is 3.00 bits per heavy atom. The first kappa shape index (κ1) is 7.63. The van der Waals surface area contributed by atoms with Gasteiger partial charge in [0.05, 0.1) is 6.04 Å². The molecule has 0 fully saturated rings. The molecule has 5 heteroatoms. The first-order valence-electron chi connectivity index (χ1n) is 3.28. The highest BCUT2D eigenvalue weighted by Crippen LogP contribution is 2.14. The van der Waals surface area contributed by atoms with Gasteiger partial charge >= 0.3 is 0 Å². The van der Waals surface area contributed by atoms with E-state index in [9.17, 15) is 0 Å². The van der Waals surface area contributed by atoms with Crippen molar-refractivity contribution in [3.63, 3.8) is 0 Å². The predicted octanol–water partition coefficient (Wildman–Crippen LogP) is 1.79. The minimum atomic E-state index is -0.146. The zero-order chi connectivity index (χ0) is 8.27. The number of azide groups is 1. The molecule has 0 amide bonds. The highest BCUT2D eigenvalue weighted by atomic mass is 15.3. The van der Waals surface area contributed by atoms with Crippen molar-refractivity contribution in [3.05, 3.63) is 28.4 Å². The van der Waals surface area contributed by atoms with Gasteiger partial charge in [0.2, 0.25) is 0 Å². The molecule has 1 rings (SSSR count). The number of rotatable bonds is 2. The Bertz CT molecular complexity index is 283. The minimum Gasteiger partial charge on any atom is -0.272 e. The topological polar surface area (TPSA) is 66.6 Å². The van der Waals surface area contributed by atoms with Gasteiger partial charge in [-0.1, -0.05) is 12.0 Å². The van der Waals surface area contributed by atoms with Gasteiger partial charge in [-0.3, -0.25) is 4.68 Å². The highest BCUT2D eigenvalue weighted by Gasteiger charge is 2.05. The maximum Gasteiger partial charge on any atom is 0.0766 e. The molecule has 0 saturated carbocycles. The molecular formula is C6H9N5. The summed E-state index contributed by atoms with van der Waals surface area (Å²) >= 11 is 0. The summed E-state index contributed by atoms with van der Waals surface area (Å²) in [6.45, 7) is 1.83. The van der Waals surface area contributed by atoms with Crippen LogP contribution in [0.15, 0.2) is 17.4 Å². The molecule has 11 heavy (non-hydrogen) atoms. The number of aryl methyl sites for hydroxylation is 1. The number of nitrogens with zero attached hydrogens (tertiary/aromatic N) is 5.